The van der Waals surface area contributed by atoms with Crippen LogP contribution in [0.2, 0.25) is 0 Å². The van der Waals surface area contributed by atoms with Gasteiger partial charge in [0.1, 0.15) is 13.2 Å². The fourth-order valence-electron chi connectivity index (χ4n) is 9.10. The van der Waals surface area contributed by atoms with Gasteiger partial charge in [-0.05, 0) is 25.2 Å². The molecule has 0 rings (SSSR count). The third-order valence-electron chi connectivity index (χ3n) is 13.5. The summed E-state index contributed by atoms with van der Waals surface area (Å²) < 4.78 is 16.9. The molecular weight excluding hydrogens is 805 g/mol. The van der Waals surface area contributed by atoms with Crippen LogP contribution in [0, 0.1) is 5.92 Å². The Morgan fingerprint density at radius 2 is 0.508 bits per heavy atom. The van der Waals surface area contributed by atoms with Crippen molar-refractivity contribution >= 4 is 17.9 Å². The van der Waals surface area contributed by atoms with Crippen LogP contribution in [0.3, 0.4) is 0 Å². The van der Waals surface area contributed by atoms with Crippen molar-refractivity contribution in [1.29, 1.82) is 0 Å². The molecule has 0 saturated heterocycles. The first kappa shape index (κ1) is 63.4. The van der Waals surface area contributed by atoms with Gasteiger partial charge >= 0.3 is 17.9 Å². The van der Waals surface area contributed by atoms with Crippen LogP contribution < -0.4 is 0 Å². The molecule has 65 heavy (non-hydrogen) atoms. The molecule has 0 amide bonds. The van der Waals surface area contributed by atoms with E-state index in [0.29, 0.717) is 19.3 Å². The molecule has 6 heteroatoms. The summed E-state index contributed by atoms with van der Waals surface area (Å²) in [5.74, 6) is 0.0180. The van der Waals surface area contributed by atoms with Gasteiger partial charge in [-0.15, -0.1) is 0 Å². The van der Waals surface area contributed by atoms with E-state index >= 15 is 0 Å². The van der Waals surface area contributed by atoms with E-state index in [1.54, 1.807) is 0 Å². The third-order valence-corrected chi connectivity index (χ3v) is 13.5. The van der Waals surface area contributed by atoms with Crippen molar-refractivity contribution in [3.63, 3.8) is 0 Å². The topological polar surface area (TPSA) is 78.9 Å². The smallest absolute Gasteiger partial charge is 0.306 e. The molecule has 0 aliphatic rings. The lowest BCUT2D eigenvalue weighted by molar-refractivity contribution is -0.167. The number of rotatable bonds is 54. The zero-order valence-corrected chi connectivity index (χ0v) is 44.5. The maximum absolute atomic E-state index is 12.8. The zero-order chi connectivity index (χ0) is 47.4. The molecule has 0 aliphatic carbocycles. The molecule has 0 spiro atoms. The van der Waals surface area contributed by atoms with Crippen LogP contribution in [0.25, 0.3) is 0 Å². The number of carbonyl (C=O) groups excluding carboxylic acids is 3. The second-order valence-electron chi connectivity index (χ2n) is 20.8. The molecule has 0 aromatic heterocycles. The van der Waals surface area contributed by atoms with Gasteiger partial charge in [0.15, 0.2) is 6.10 Å². The van der Waals surface area contributed by atoms with E-state index in [-0.39, 0.29) is 31.1 Å². The highest BCUT2D eigenvalue weighted by molar-refractivity contribution is 5.71. The van der Waals surface area contributed by atoms with Gasteiger partial charge in [0.25, 0.3) is 0 Å². The average molecular weight is 920 g/mol. The monoisotopic (exact) mass is 919 g/mol. The Kier molecular flexibility index (Phi) is 52.1. The lowest BCUT2D eigenvalue weighted by atomic mass is 10.0. The Morgan fingerprint density at radius 1 is 0.292 bits per heavy atom. The van der Waals surface area contributed by atoms with Gasteiger partial charge in [-0.1, -0.05) is 297 Å². The number of ether oxygens (including phenoxy) is 3. The fourth-order valence-corrected chi connectivity index (χ4v) is 9.10. The lowest BCUT2D eigenvalue weighted by Gasteiger charge is -2.18. The minimum absolute atomic E-state index is 0.0617. The van der Waals surface area contributed by atoms with Crippen LogP contribution in [-0.2, 0) is 28.6 Å². The molecule has 0 aromatic rings. The summed E-state index contributed by atoms with van der Waals surface area (Å²) in [6.07, 6.45) is 58.1. The summed E-state index contributed by atoms with van der Waals surface area (Å²) in [7, 11) is 0. The van der Waals surface area contributed by atoms with Crippen LogP contribution in [0.15, 0.2) is 0 Å². The predicted molar refractivity (Wildman–Crippen MR) is 280 cm³/mol. The summed E-state index contributed by atoms with van der Waals surface area (Å²) in [4.78, 5) is 38.1. The minimum Gasteiger partial charge on any atom is -0.462 e. The summed E-state index contributed by atoms with van der Waals surface area (Å²) in [5, 5.41) is 0. The molecule has 0 heterocycles. The number of carbonyl (C=O) groups is 3. The average Bonchev–Trinajstić information content (AvgIpc) is 3.29. The van der Waals surface area contributed by atoms with Crippen molar-refractivity contribution < 1.29 is 28.6 Å². The second kappa shape index (κ2) is 53.4. The highest BCUT2D eigenvalue weighted by Gasteiger charge is 2.19. The van der Waals surface area contributed by atoms with Crippen LogP contribution in [0.4, 0.5) is 0 Å². The first-order chi connectivity index (χ1) is 31.9. The first-order valence-corrected chi connectivity index (χ1v) is 29.4. The molecule has 386 valence electrons. The van der Waals surface area contributed by atoms with Crippen LogP contribution in [0.5, 0.6) is 0 Å². The second-order valence-corrected chi connectivity index (χ2v) is 20.8. The van der Waals surface area contributed by atoms with Crippen molar-refractivity contribution in [2.75, 3.05) is 13.2 Å². The molecule has 0 aliphatic heterocycles. The molecule has 0 unspecified atom stereocenters. The minimum atomic E-state index is -0.761. The van der Waals surface area contributed by atoms with Gasteiger partial charge in [0.2, 0.25) is 0 Å². The maximum atomic E-state index is 12.8. The Morgan fingerprint density at radius 3 is 0.754 bits per heavy atom. The highest BCUT2D eigenvalue weighted by atomic mass is 16.6. The standard InChI is InChI=1S/C59H114O6/c1-5-7-9-11-13-15-17-18-19-20-25-28-32-36-40-44-48-52-59(62)65-56(53-63-57(60)50-46-42-38-34-29-16-14-12-10-8-6-2)54-64-58(61)51-47-43-39-35-31-27-24-22-21-23-26-30-33-37-41-45-49-55(3)4/h55-56H,5-54H2,1-4H3/t56-/m1/s1. The van der Waals surface area contributed by atoms with E-state index in [1.165, 1.54) is 231 Å². The van der Waals surface area contributed by atoms with E-state index < -0.39 is 6.10 Å². The summed E-state index contributed by atoms with van der Waals surface area (Å²) in [6.45, 7) is 9.07. The van der Waals surface area contributed by atoms with Gasteiger partial charge in [-0.3, -0.25) is 14.4 Å². The predicted octanol–water partition coefficient (Wildman–Crippen LogP) is 19.4. The van der Waals surface area contributed by atoms with E-state index in [0.717, 1.165) is 63.7 Å². The third kappa shape index (κ3) is 53.2. The first-order valence-electron chi connectivity index (χ1n) is 29.4. The number of hydrogen-bond acceptors (Lipinski definition) is 6. The molecular formula is C59H114O6. The summed E-state index contributed by atoms with van der Waals surface area (Å²) in [6, 6.07) is 0. The molecule has 0 radical (unpaired) electrons. The van der Waals surface area contributed by atoms with Crippen molar-refractivity contribution in [2.45, 2.75) is 342 Å². The quantitative estimate of drug-likeness (QED) is 0.0344. The summed E-state index contributed by atoms with van der Waals surface area (Å²) >= 11 is 0. The van der Waals surface area contributed by atoms with Crippen LogP contribution >= 0.6 is 0 Å². The molecule has 0 N–H and O–H groups in total. The SMILES string of the molecule is CCCCCCCCCCCCCCCCCCCC(=O)O[C@H](COC(=O)CCCCCCCCCCCCC)COC(=O)CCCCCCCCCCCCCCCCCCC(C)C. The normalized spacial score (nSPS) is 12.0. The maximum Gasteiger partial charge on any atom is 0.306 e. The Labute approximate surface area is 406 Å². The van der Waals surface area contributed by atoms with Crippen molar-refractivity contribution in [3.8, 4) is 0 Å². The van der Waals surface area contributed by atoms with Crippen molar-refractivity contribution in [2.24, 2.45) is 5.92 Å². The number of hydrogen-bond donors (Lipinski definition) is 0. The molecule has 0 fully saturated rings. The summed E-state index contributed by atoms with van der Waals surface area (Å²) in [5.41, 5.74) is 0. The van der Waals surface area contributed by atoms with E-state index in [9.17, 15) is 14.4 Å². The molecule has 6 nitrogen and oxygen atoms in total. The highest BCUT2D eigenvalue weighted by Crippen LogP contribution is 2.18. The van der Waals surface area contributed by atoms with Gasteiger partial charge in [0, 0.05) is 19.3 Å². The molecule has 1 atom stereocenters. The van der Waals surface area contributed by atoms with Gasteiger partial charge in [-0.25, -0.2) is 0 Å². The number of unbranched alkanes of at least 4 members (excludes halogenated alkanes) is 41. The van der Waals surface area contributed by atoms with Gasteiger partial charge in [-0.2, -0.15) is 0 Å². The van der Waals surface area contributed by atoms with Crippen LogP contribution in [-0.4, -0.2) is 37.2 Å². The molecule has 0 saturated carbocycles. The van der Waals surface area contributed by atoms with Crippen molar-refractivity contribution in [3.05, 3.63) is 0 Å². The van der Waals surface area contributed by atoms with Crippen molar-refractivity contribution in [1.82, 2.24) is 0 Å². The van der Waals surface area contributed by atoms with E-state index in [2.05, 4.69) is 27.7 Å². The number of esters is 3. The van der Waals surface area contributed by atoms with Gasteiger partial charge < -0.3 is 14.2 Å². The Balaban J connectivity index is 4.24. The van der Waals surface area contributed by atoms with E-state index in [1.807, 2.05) is 0 Å². The lowest BCUT2D eigenvalue weighted by Crippen LogP contribution is -2.30. The largest absolute Gasteiger partial charge is 0.462 e. The zero-order valence-electron chi connectivity index (χ0n) is 44.5. The van der Waals surface area contributed by atoms with Crippen LogP contribution in [0.1, 0.15) is 336 Å². The molecule has 0 bridgehead atoms. The Bertz CT molecular complexity index is 980. The Hall–Kier alpha value is -1.59. The van der Waals surface area contributed by atoms with E-state index in [4.69, 9.17) is 14.2 Å². The molecule has 0 aromatic carbocycles. The van der Waals surface area contributed by atoms with Gasteiger partial charge in [0.05, 0.1) is 0 Å². The fraction of sp³-hybridized carbons (Fsp3) is 0.949.